The fraction of sp³-hybridized carbons (Fsp3) is 0.375. The molecule has 7 nitrogen and oxygen atoms in total. The lowest BCUT2D eigenvalue weighted by atomic mass is 10.2. The van der Waals surface area contributed by atoms with E-state index in [0.717, 1.165) is 5.75 Å². The van der Waals surface area contributed by atoms with E-state index in [-0.39, 0.29) is 18.8 Å². The van der Waals surface area contributed by atoms with E-state index in [1.165, 1.54) is 0 Å². The number of ether oxygens (including phenoxy) is 6. The first-order chi connectivity index (χ1) is 14.9. The molecule has 0 bridgehead atoms. The van der Waals surface area contributed by atoms with Crippen LogP contribution in [-0.2, 0) is 14.2 Å². The topological polar surface area (TPSA) is 72.5 Å². The standard InChI is InChI=1S/C24H28O7/c1-24(2)30-21(22(31-24)16-29-20-13-11-19(27-4)12-14-20)6-5-15-28-23(25)17-7-9-18(26-3)10-8-17/h5-14,21-22H,15-16H2,1-4H3/b6-5+/t21-,22-/m1/s1. The van der Waals surface area contributed by atoms with Gasteiger partial charge in [0.05, 0.1) is 19.8 Å². The lowest BCUT2D eigenvalue weighted by Crippen LogP contribution is -2.28. The Morgan fingerprint density at radius 2 is 1.52 bits per heavy atom. The molecule has 1 aliphatic heterocycles. The second-order valence-corrected chi connectivity index (χ2v) is 7.38. The Bertz CT molecular complexity index is 872. The fourth-order valence-electron chi connectivity index (χ4n) is 3.13. The molecule has 0 amide bonds. The van der Waals surface area contributed by atoms with Gasteiger partial charge < -0.3 is 28.4 Å². The molecule has 2 atom stereocenters. The molecule has 3 rings (SSSR count). The summed E-state index contributed by atoms with van der Waals surface area (Å²) in [5, 5.41) is 0. The van der Waals surface area contributed by atoms with Crippen LogP contribution in [0.4, 0.5) is 0 Å². The minimum atomic E-state index is -0.733. The molecule has 1 aliphatic rings. The zero-order valence-electron chi connectivity index (χ0n) is 18.2. The Labute approximate surface area is 182 Å². The molecule has 166 valence electrons. The number of hydrogen-bond acceptors (Lipinski definition) is 7. The Morgan fingerprint density at radius 3 is 2.13 bits per heavy atom. The van der Waals surface area contributed by atoms with Crippen LogP contribution in [0.2, 0.25) is 0 Å². The van der Waals surface area contributed by atoms with Crippen molar-refractivity contribution in [2.75, 3.05) is 27.4 Å². The van der Waals surface area contributed by atoms with Gasteiger partial charge in [0.2, 0.25) is 0 Å². The number of esters is 1. The summed E-state index contributed by atoms with van der Waals surface area (Å²) in [7, 11) is 3.19. The molecule has 1 saturated heterocycles. The van der Waals surface area contributed by atoms with Crippen molar-refractivity contribution in [1.82, 2.24) is 0 Å². The molecule has 0 unspecified atom stereocenters. The third-order valence-electron chi connectivity index (χ3n) is 4.66. The van der Waals surface area contributed by atoms with E-state index >= 15 is 0 Å². The molecule has 1 fully saturated rings. The summed E-state index contributed by atoms with van der Waals surface area (Å²) in [6, 6.07) is 14.1. The molecule has 31 heavy (non-hydrogen) atoms. The highest BCUT2D eigenvalue weighted by Gasteiger charge is 2.40. The second-order valence-electron chi connectivity index (χ2n) is 7.38. The van der Waals surface area contributed by atoms with Crippen molar-refractivity contribution in [2.24, 2.45) is 0 Å². The van der Waals surface area contributed by atoms with Gasteiger partial charge in [-0.15, -0.1) is 0 Å². The van der Waals surface area contributed by atoms with Gasteiger partial charge in [0, 0.05) is 0 Å². The average Bonchev–Trinajstić information content (AvgIpc) is 3.08. The van der Waals surface area contributed by atoms with Crippen LogP contribution < -0.4 is 14.2 Å². The number of benzene rings is 2. The monoisotopic (exact) mass is 428 g/mol. The van der Waals surface area contributed by atoms with Gasteiger partial charge in [0.1, 0.15) is 42.7 Å². The summed E-state index contributed by atoms with van der Waals surface area (Å²) in [6.45, 7) is 4.14. The number of methoxy groups -OCH3 is 2. The summed E-state index contributed by atoms with van der Waals surface area (Å²) < 4.78 is 33.3. The molecule has 2 aromatic carbocycles. The Hall–Kier alpha value is -3.03. The number of hydrogen-bond donors (Lipinski definition) is 0. The van der Waals surface area contributed by atoms with Crippen LogP contribution in [0.25, 0.3) is 0 Å². The minimum absolute atomic E-state index is 0.122. The van der Waals surface area contributed by atoms with Crippen molar-refractivity contribution in [2.45, 2.75) is 31.8 Å². The summed E-state index contributed by atoms with van der Waals surface area (Å²) >= 11 is 0. The molecule has 0 radical (unpaired) electrons. The smallest absolute Gasteiger partial charge is 0.338 e. The average molecular weight is 428 g/mol. The first-order valence-corrected chi connectivity index (χ1v) is 10.0. The first kappa shape index (κ1) is 22.7. The van der Waals surface area contributed by atoms with Crippen molar-refractivity contribution in [3.05, 3.63) is 66.2 Å². The predicted octanol–water partition coefficient (Wildman–Crippen LogP) is 4.02. The third kappa shape index (κ3) is 6.47. The molecular formula is C24H28O7. The summed E-state index contributed by atoms with van der Waals surface area (Å²) in [4.78, 5) is 12.1. The molecule has 2 aromatic rings. The summed E-state index contributed by atoms with van der Waals surface area (Å²) in [5.74, 6) is 1.02. The first-order valence-electron chi connectivity index (χ1n) is 10.0. The lowest BCUT2D eigenvalue weighted by Gasteiger charge is -2.17. The Kier molecular flexibility index (Phi) is 7.55. The fourth-order valence-corrected chi connectivity index (χ4v) is 3.13. The maximum atomic E-state index is 12.1. The van der Waals surface area contributed by atoms with E-state index in [1.807, 2.05) is 44.2 Å². The van der Waals surface area contributed by atoms with Crippen LogP contribution in [0.15, 0.2) is 60.7 Å². The Balaban J connectivity index is 1.51. The van der Waals surface area contributed by atoms with Gasteiger partial charge in [-0.3, -0.25) is 0 Å². The largest absolute Gasteiger partial charge is 0.497 e. The highest BCUT2D eigenvalue weighted by Crippen LogP contribution is 2.29. The lowest BCUT2D eigenvalue weighted by molar-refractivity contribution is -0.145. The molecule has 0 saturated carbocycles. The van der Waals surface area contributed by atoms with E-state index in [0.29, 0.717) is 23.7 Å². The van der Waals surface area contributed by atoms with Gasteiger partial charge in [-0.2, -0.15) is 0 Å². The molecule has 7 heteroatoms. The van der Waals surface area contributed by atoms with Crippen molar-refractivity contribution >= 4 is 5.97 Å². The molecule has 1 heterocycles. The van der Waals surface area contributed by atoms with Crippen LogP contribution in [0.3, 0.4) is 0 Å². The zero-order chi connectivity index (χ0) is 22.3. The van der Waals surface area contributed by atoms with Crippen molar-refractivity contribution in [3.8, 4) is 17.2 Å². The van der Waals surface area contributed by atoms with Gasteiger partial charge in [0.15, 0.2) is 5.79 Å². The van der Waals surface area contributed by atoms with Crippen LogP contribution in [0.5, 0.6) is 17.2 Å². The van der Waals surface area contributed by atoms with E-state index in [4.69, 9.17) is 28.4 Å². The van der Waals surface area contributed by atoms with Gasteiger partial charge >= 0.3 is 5.97 Å². The van der Waals surface area contributed by atoms with Crippen LogP contribution in [0.1, 0.15) is 24.2 Å². The van der Waals surface area contributed by atoms with Crippen LogP contribution in [0, 0.1) is 0 Å². The minimum Gasteiger partial charge on any atom is -0.497 e. The summed E-state index contributed by atoms with van der Waals surface area (Å²) in [6.07, 6.45) is 2.95. The number of carbonyl (C=O) groups is 1. The van der Waals surface area contributed by atoms with Crippen LogP contribution in [-0.4, -0.2) is 51.4 Å². The molecular weight excluding hydrogens is 400 g/mol. The quantitative estimate of drug-likeness (QED) is 0.441. The van der Waals surface area contributed by atoms with E-state index in [9.17, 15) is 4.79 Å². The second kappa shape index (κ2) is 10.3. The normalized spacial score (nSPS) is 19.9. The van der Waals surface area contributed by atoms with Crippen LogP contribution >= 0.6 is 0 Å². The van der Waals surface area contributed by atoms with Gasteiger partial charge in [-0.25, -0.2) is 4.79 Å². The number of carbonyl (C=O) groups excluding carboxylic acids is 1. The van der Waals surface area contributed by atoms with E-state index < -0.39 is 11.8 Å². The van der Waals surface area contributed by atoms with Gasteiger partial charge in [0.25, 0.3) is 0 Å². The molecule has 0 N–H and O–H groups in total. The molecule has 0 aromatic heterocycles. The maximum absolute atomic E-state index is 12.1. The highest BCUT2D eigenvalue weighted by atomic mass is 16.8. The van der Waals surface area contributed by atoms with Crippen molar-refractivity contribution < 1.29 is 33.2 Å². The van der Waals surface area contributed by atoms with E-state index in [2.05, 4.69) is 0 Å². The number of rotatable bonds is 9. The van der Waals surface area contributed by atoms with Gasteiger partial charge in [-0.1, -0.05) is 6.08 Å². The summed E-state index contributed by atoms with van der Waals surface area (Å²) in [5.41, 5.74) is 0.460. The van der Waals surface area contributed by atoms with Gasteiger partial charge in [-0.05, 0) is 68.5 Å². The third-order valence-corrected chi connectivity index (χ3v) is 4.66. The molecule has 0 aliphatic carbocycles. The predicted molar refractivity (Wildman–Crippen MR) is 115 cm³/mol. The van der Waals surface area contributed by atoms with E-state index in [1.54, 1.807) is 44.6 Å². The molecule has 0 spiro atoms. The maximum Gasteiger partial charge on any atom is 0.338 e. The van der Waals surface area contributed by atoms with Crippen molar-refractivity contribution in [1.29, 1.82) is 0 Å². The Morgan fingerprint density at radius 1 is 0.935 bits per heavy atom. The van der Waals surface area contributed by atoms with Crippen molar-refractivity contribution in [3.63, 3.8) is 0 Å². The highest BCUT2D eigenvalue weighted by molar-refractivity contribution is 5.89. The SMILES string of the molecule is COc1ccc(OC[C@H]2OC(C)(C)O[C@@H]2/C=C/COC(=O)c2ccc(OC)cc2)cc1. The zero-order valence-corrected chi connectivity index (χ0v) is 18.2.